The molecule has 1 heterocycles. The molecule has 6 nitrogen and oxygen atoms in total. The molecule has 1 aromatic carbocycles. The van der Waals surface area contributed by atoms with Crippen LogP contribution in [0.1, 0.15) is 12.5 Å². The zero-order valence-corrected chi connectivity index (χ0v) is 12.2. The smallest absolute Gasteiger partial charge is 0.263 e. The Balaban J connectivity index is 2.23. The number of sulfonamides is 1. The van der Waals surface area contributed by atoms with Crippen LogP contribution in [0, 0.1) is 0 Å². The normalized spacial score (nSPS) is 11.5. The average Bonchev–Trinajstić information content (AvgIpc) is 2.86. The second-order valence-corrected chi connectivity index (χ2v) is 5.92. The first-order valence-corrected chi connectivity index (χ1v) is 7.67. The van der Waals surface area contributed by atoms with Crippen LogP contribution in [0.5, 0.6) is 0 Å². The van der Waals surface area contributed by atoms with Crippen LogP contribution in [0.2, 0.25) is 0 Å². The average molecular weight is 295 g/mol. The maximum atomic E-state index is 12.3. The van der Waals surface area contributed by atoms with Crippen molar-refractivity contribution in [2.75, 3.05) is 11.8 Å². The highest BCUT2D eigenvalue weighted by Gasteiger charge is 2.15. The van der Waals surface area contributed by atoms with Gasteiger partial charge < -0.3 is 4.74 Å². The maximum absolute atomic E-state index is 12.3. The Morgan fingerprint density at radius 2 is 2.15 bits per heavy atom. The molecule has 0 unspecified atom stereocenters. The van der Waals surface area contributed by atoms with Gasteiger partial charge in [0.15, 0.2) is 5.82 Å². The number of nitrogens with one attached hydrogen (secondary N) is 1. The summed E-state index contributed by atoms with van der Waals surface area (Å²) >= 11 is 0. The van der Waals surface area contributed by atoms with Gasteiger partial charge in [0, 0.05) is 25.9 Å². The van der Waals surface area contributed by atoms with Crippen LogP contribution in [-0.2, 0) is 27.9 Å². The number of hydrogen-bond donors (Lipinski definition) is 1. The van der Waals surface area contributed by atoms with E-state index in [1.807, 2.05) is 13.0 Å². The van der Waals surface area contributed by atoms with Crippen molar-refractivity contribution in [1.29, 1.82) is 0 Å². The number of hydrogen-bond acceptors (Lipinski definition) is 4. The first-order chi connectivity index (χ1) is 9.55. The lowest BCUT2D eigenvalue weighted by atomic mass is 10.2. The van der Waals surface area contributed by atoms with Gasteiger partial charge in [0.1, 0.15) is 0 Å². The summed E-state index contributed by atoms with van der Waals surface area (Å²) in [6.07, 6.45) is 1.72. The molecule has 0 aliphatic rings. The monoisotopic (exact) mass is 295 g/mol. The van der Waals surface area contributed by atoms with Gasteiger partial charge in [-0.15, -0.1) is 0 Å². The van der Waals surface area contributed by atoms with E-state index in [9.17, 15) is 8.42 Å². The summed E-state index contributed by atoms with van der Waals surface area (Å²) in [5, 5.41) is 4.10. The minimum Gasteiger partial charge on any atom is -0.380 e. The Kier molecular flexibility index (Phi) is 4.41. The van der Waals surface area contributed by atoms with Crippen molar-refractivity contribution in [1.82, 2.24) is 9.78 Å². The standard InChI is InChI=1S/C13H17N3O3S/c1-3-16-8-7-13(14-16)15-20(17,18)12-6-4-5-11(9-12)10-19-2/h4-9H,3,10H2,1-2H3,(H,14,15). The van der Waals surface area contributed by atoms with Crippen molar-refractivity contribution in [3.63, 3.8) is 0 Å². The zero-order valence-electron chi connectivity index (χ0n) is 11.4. The van der Waals surface area contributed by atoms with Crippen LogP contribution in [0.25, 0.3) is 0 Å². The predicted octanol–water partition coefficient (Wildman–Crippen LogP) is 1.85. The van der Waals surface area contributed by atoms with E-state index in [1.54, 1.807) is 36.2 Å². The highest BCUT2D eigenvalue weighted by atomic mass is 32.2. The summed E-state index contributed by atoms with van der Waals surface area (Å²) in [5.41, 5.74) is 0.800. The van der Waals surface area contributed by atoms with Crippen molar-refractivity contribution >= 4 is 15.8 Å². The number of nitrogens with zero attached hydrogens (tertiary/aromatic N) is 2. The molecule has 0 amide bonds. The molecule has 0 spiro atoms. The number of rotatable bonds is 6. The van der Waals surface area contributed by atoms with Gasteiger partial charge in [0.25, 0.3) is 10.0 Å². The van der Waals surface area contributed by atoms with Gasteiger partial charge in [-0.05, 0) is 24.6 Å². The molecule has 0 saturated heterocycles. The van der Waals surface area contributed by atoms with Crippen LogP contribution in [0.15, 0.2) is 41.4 Å². The van der Waals surface area contributed by atoms with Crippen molar-refractivity contribution < 1.29 is 13.2 Å². The molecule has 0 radical (unpaired) electrons. The lowest BCUT2D eigenvalue weighted by Crippen LogP contribution is -2.14. The minimum absolute atomic E-state index is 0.193. The first-order valence-electron chi connectivity index (χ1n) is 6.19. The molecule has 0 aliphatic carbocycles. The van der Waals surface area contributed by atoms with Gasteiger partial charge in [-0.1, -0.05) is 12.1 Å². The van der Waals surface area contributed by atoms with Crippen molar-refractivity contribution in [3.05, 3.63) is 42.1 Å². The van der Waals surface area contributed by atoms with Crippen molar-refractivity contribution in [2.24, 2.45) is 0 Å². The van der Waals surface area contributed by atoms with Gasteiger partial charge >= 0.3 is 0 Å². The first kappa shape index (κ1) is 14.5. The summed E-state index contributed by atoms with van der Waals surface area (Å²) in [6.45, 7) is 2.98. The molecule has 0 bridgehead atoms. The molecule has 7 heteroatoms. The summed E-state index contributed by atoms with van der Waals surface area (Å²) < 4.78 is 33.6. The van der Waals surface area contributed by atoms with E-state index in [4.69, 9.17) is 4.74 Å². The molecule has 108 valence electrons. The van der Waals surface area contributed by atoms with Gasteiger partial charge in [-0.25, -0.2) is 8.42 Å². The van der Waals surface area contributed by atoms with Gasteiger partial charge in [-0.3, -0.25) is 9.40 Å². The van der Waals surface area contributed by atoms with E-state index >= 15 is 0 Å². The fourth-order valence-electron chi connectivity index (χ4n) is 1.76. The summed E-state index contributed by atoms with van der Waals surface area (Å²) in [4.78, 5) is 0.193. The third-order valence-corrected chi connectivity index (χ3v) is 4.08. The summed E-state index contributed by atoms with van der Waals surface area (Å²) in [6, 6.07) is 8.25. The Morgan fingerprint density at radius 3 is 2.80 bits per heavy atom. The van der Waals surface area contributed by atoms with Crippen LogP contribution in [0.4, 0.5) is 5.82 Å². The van der Waals surface area contributed by atoms with Gasteiger partial charge in [0.2, 0.25) is 0 Å². The predicted molar refractivity (Wildman–Crippen MR) is 75.9 cm³/mol. The Hall–Kier alpha value is -1.86. The quantitative estimate of drug-likeness (QED) is 0.882. The van der Waals surface area contributed by atoms with E-state index in [0.29, 0.717) is 19.0 Å². The third kappa shape index (κ3) is 3.37. The second-order valence-electron chi connectivity index (χ2n) is 4.24. The Bertz CT molecular complexity index is 680. The van der Waals surface area contributed by atoms with Crippen molar-refractivity contribution in [2.45, 2.75) is 25.0 Å². The maximum Gasteiger partial charge on any atom is 0.263 e. The molecule has 2 aromatic rings. The lowest BCUT2D eigenvalue weighted by Gasteiger charge is -2.07. The molecular formula is C13H17N3O3S. The van der Waals surface area contributed by atoms with Crippen molar-refractivity contribution in [3.8, 4) is 0 Å². The van der Waals surface area contributed by atoms with Crippen LogP contribution >= 0.6 is 0 Å². The number of aromatic nitrogens is 2. The van der Waals surface area contributed by atoms with Gasteiger partial charge in [-0.2, -0.15) is 5.10 Å². The van der Waals surface area contributed by atoms with Crippen LogP contribution < -0.4 is 4.72 Å². The van der Waals surface area contributed by atoms with E-state index in [0.717, 1.165) is 5.56 Å². The SMILES string of the molecule is CCn1ccc(NS(=O)(=O)c2cccc(COC)c2)n1. The molecule has 0 aliphatic heterocycles. The Morgan fingerprint density at radius 1 is 1.35 bits per heavy atom. The molecular weight excluding hydrogens is 278 g/mol. The third-order valence-electron chi connectivity index (χ3n) is 2.72. The van der Waals surface area contributed by atoms with Crippen LogP contribution in [0.3, 0.4) is 0 Å². The number of ether oxygens (including phenoxy) is 1. The molecule has 0 fully saturated rings. The van der Waals surface area contributed by atoms with E-state index in [-0.39, 0.29) is 4.90 Å². The zero-order chi connectivity index (χ0) is 14.6. The van der Waals surface area contributed by atoms with E-state index in [1.165, 1.54) is 6.07 Å². The van der Waals surface area contributed by atoms with Gasteiger partial charge in [0.05, 0.1) is 11.5 Å². The summed E-state index contributed by atoms with van der Waals surface area (Å²) in [5.74, 6) is 0.309. The van der Waals surface area contributed by atoms with E-state index < -0.39 is 10.0 Å². The van der Waals surface area contributed by atoms with Crippen LogP contribution in [-0.4, -0.2) is 25.3 Å². The topological polar surface area (TPSA) is 73.2 Å². The molecule has 0 saturated carbocycles. The number of benzene rings is 1. The highest BCUT2D eigenvalue weighted by molar-refractivity contribution is 7.92. The fourth-order valence-corrected chi connectivity index (χ4v) is 2.82. The summed E-state index contributed by atoms with van der Waals surface area (Å²) in [7, 11) is -2.06. The number of methoxy groups -OCH3 is 1. The second kappa shape index (κ2) is 6.06. The minimum atomic E-state index is -3.63. The Labute approximate surface area is 118 Å². The molecule has 1 aromatic heterocycles. The fraction of sp³-hybridized carbons (Fsp3) is 0.308. The lowest BCUT2D eigenvalue weighted by molar-refractivity contribution is 0.184. The largest absolute Gasteiger partial charge is 0.380 e. The number of anilines is 1. The molecule has 0 atom stereocenters. The molecule has 20 heavy (non-hydrogen) atoms. The highest BCUT2D eigenvalue weighted by Crippen LogP contribution is 2.16. The van der Waals surface area contributed by atoms with E-state index in [2.05, 4.69) is 9.82 Å². The molecule has 1 N–H and O–H groups in total. The number of aryl methyl sites for hydroxylation is 1. The molecule has 2 rings (SSSR count).